The smallest absolute Gasteiger partial charge is 0.344 e. The van der Waals surface area contributed by atoms with Crippen molar-refractivity contribution in [3.8, 4) is 22.9 Å². The number of nitrogens with zero attached hydrogens (tertiary/aromatic N) is 4. The van der Waals surface area contributed by atoms with E-state index in [2.05, 4.69) is 56.5 Å². The second-order valence-electron chi connectivity index (χ2n) is 12.7. The van der Waals surface area contributed by atoms with Crippen LogP contribution in [-0.2, 0) is 16.1 Å². The standard InChI is InChI=1S/C36H41N5O5S/c1-7-44-32(42)22-45-28-15-14-26(37-19-28)20-41-27(18-36(4,5)6)21-46-31-17-30(33-23(2)10-8-11-24(33)3)38-35(39-31)40-47-29-13-9-12-25(16-29)34(41)43/h8-17,19,27H,7,18,20-22H2,1-6H3,(H,38,39,40). The third-order valence-electron chi connectivity index (χ3n) is 7.55. The van der Waals surface area contributed by atoms with E-state index in [4.69, 9.17) is 24.2 Å². The molecule has 4 aromatic rings. The SMILES string of the molecule is CCOC(=O)COc1ccc(CN2C(=O)c3cccc(c3)SNc3nc(cc(-c4c(C)cccc4C)n3)OCC2CC(C)(C)C)nc1. The highest BCUT2D eigenvalue weighted by molar-refractivity contribution is 8.00. The zero-order valence-corrected chi connectivity index (χ0v) is 28.5. The van der Waals surface area contributed by atoms with Crippen molar-refractivity contribution in [3.05, 3.63) is 89.2 Å². The second-order valence-corrected chi connectivity index (χ2v) is 13.5. The van der Waals surface area contributed by atoms with Crippen LogP contribution in [0.15, 0.2) is 71.8 Å². The van der Waals surface area contributed by atoms with E-state index in [-0.39, 0.29) is 43.7 Å². The Morgan fingerprint density at radius 1 is 1.06 bits per heavy atom. The number of nitrogens with one attached hydrogen (secondary N) is 1. The molecule has 1 amide bonds. The van der Waals surface area contributed by atoms with Gasteiger partial charge in [-0.2, -0.15) is 4.98 Å². The van der Waals surface area contributed by atoms with Crippen LogP contribution in [0.4, 0.5) is 5.95 Å². The van der Waals surface area contributed by atoms with Crippen LogP contribution < -0.4 is 14.2 Å². The predicted octanol–water partition coefficient (Wildman–Crippen LogP) is 7.06. The van der Waals surface area contributed by atoms with Crippen LogP contribution in [0.2, 0.25) is 0 Å². The van der Waals surface area contributed by atoms with E-state index in [0.29, 0.717) is 35.3 Å². The average Bonchev–Trinajstić information content (AvgIpc) is 3.03. The molecule has 0 spiro atoms. The van der Waals surface area contributed by atoms with Gasteiger partial charge in [0.1, 0.15) is 12.4 Å². The fraction of sp³-hybridized carbons (Fsp3) is 0.361. The minimum Gasteiger partial charge on any atom is -0.480 e. The van der Waals surface area contributed by atoms with Crippen molar-refractivity contribution >= 4 is 29.8 Å². The van der Waals surface area contributed by atoms with Gasteiger partial charge in [-0.25, -0.2) is 9.78 Å². The minimum absolute atomic E-state index is 0.127. The van der Waals surface area contributed by atoms with Gasteiger partial charge >= 0.3 is 5.97 Å². The van der Waals surface area contributed by atoms with Crippen LogP contribution in [-0.4, -0.2) is 57.6 Å². The van der Waals surface area contributed by atoms with Gasteiger partial charge < -0.3 is 19.1 Å². The summed E-state index contributed by atoms with van der Waals surface area (Å²) in [7, 11) is 0. The Kier molecular flexibility index (Phi) is 10.7. The summed E-state index contributed by atoms with van der Waals surface area (Å²) in [5.41, 5.74) is 5.08. The van der Waals surface area contributed by atoms with E-state index in [1.165, 1.54) is 11.9 Å². The van der Waals surface area contributed by atoms with Gasteiger partial charge in [-0.15, -0.1) is 0 Å². The molecule has 0 radical (unpaired) electrons. The summed E-state index contributed by atoms with van der Waals surface area (Å²) >= 11 is 1.33. The molecule has 0 aliphatic carbocycles. The molecule has 4 bridgehead atoms. The first-order valence-corrected chi connectivity index (χ1v) is 16.5. The van der Waals surface area contributed by atoms with E-state index in [1.54, 1.807) is 25.3 Å². The Labute approximate surface area is 280 Å². The first kappa shape index (κ1) is 33.7. The number of aryl methyl sites for hydroxylation is 2. The number of ether oxygens (including phenoxy) is 3. The monoisotopic (exact) mass is 655 g/mol. The van der Waals surface area contributed by atoms with Crippen LogP contribution in [0, 0.1) is 19.3 Å². The summed E-state index contributed by atoms with van der Waals surface area (Å²) in [6, 6.07) is 18.7. The molecule has 5 rings (SSSR count). The molecule has 246 valence electrons. The molecule has 1 atom stereocenters. The normalized spacial score (nSPS) is 15.0. The van der Waals surface area contributed by atoms with Gasteiger partial charge in [-0.05, 0) is 86.0 Å². The van der Waals surface area contributed by atoms with Gasteiger partial charge in [-0.1, -0.05) is 45.0 Å². The molecule has 0 fully saturated rings. The molecule has 2 aromatic heterocycles. The fourth-order valence-corrected chi connectivity index (χ4v) is 6.11. The van der Waals surface area contributed by atoms with Gasteiger partial charge in [0, 0.05) is 22.1 Å². The van der Waals surface area contributed by atoms with Crippen LogP contribution >= 0.6 is 11.9 Å². The molecule has 3 heterocycles. The van der Waals surface area contributed by atoms with Crippen LogP contribution in [0.25, 0.3) is 11.3 Å². The Balaban J connectivity index is 1.51. The van der Waals surface area contributed by atoms with Crippen LogP contribution in [0.5, 0.6) is 11.6 Å². The highest BCUT2D eigenvalue weighted by atomic mass is 32.2. The zero-order valence-electron chi connectivity index (χ0n) is 27.7. The fourth-order valence-electron chi connectivity index (χ4n) is 5.48. The van der Waals surface area contributed by atoms with Crippen molar-refractivity contribution < 1.29 is 23.8 Å². The number of esters is 1. The summed E-state index contributed by atoms with van der Waals surface area (Å²) in [6.07, 6.45) is 2.21. The number of amides is 1. The van der Waals surface area contributed by atoms with Gasteiger partial charge in [0.2, 0.25) is 11.8 Å². The summed E-state index contributed by atoms with van der Waals surface area (Å²) in [6.45, 7) is 12.8. The topological polar surface area (TPSA) is 116 Å². The minimum atomic E-state index is -0.449. The van der Waals surface area contributed by atoms with Crippen molar-refractivity contribution in [2.75, 3.05) is 24.5 Å². The largest absolute Gasteiger partial charge is 0.480 e. The maximum Gasteiger partial charge on any atom is 0.344 e. The molecular weight excluding hydrogens is 614 g/mol. The van der Waals surface area contributed by atoms with Gasteiger partial charge in [0.05, 0.1) is 36.8 Å². The molecule has 47 heavy (non-hydrogen) atoms. The van der Waals surface area contributed by atoms with E-state index in [0.717, 1.165) is 27.3 Å². The van der Waals surface area contributed by atoms with E-state index in [1.807, 2.05) is 41.3 Å². The number of aromatic nitrogens is 3. The molecular formula is C36H41N5O5S. The average molecular weight is 656 g/mol. The number of hydrogen-bond donors (Lipinski definition) is 1. The second kappa shape index (κ2) is 14.8. The number of carbonyl (C=O) groups is 2. The third kappa shape index (κ3) is 9.00. The van der Waals surface area contributed by atoms with Crippen LogP contribution in [0.3, 0.4) is 0 Å². The lowest BCUT2D eigenvalue weighted by Crippen LogP contribution is -2.45. The number of hydrogen-bond acceptors (Lipinski definition) is 10. The molecule has 0 saturated carbocycles. The van der Waals surface area contributed by atoms with E-state index in [9.17, 15) is 9.59 Å². The van der Waals surface area contributed by atoms with E-state index >= 15 is 0 Å². The number of carbonyl (C=O) groups excluding carboxylic acids is 2. The lowest BCUT2D eigenvalue weighted by atomic mass is 9.87. The van der Waals surface area contributed by atoms with Gasteiger partial charge in [-0.3, -0.25) is 14.5 Å². The Hall–Kier alpha value is -4.64. The maximum absolute atomic E-state index is 14.3. The number of benzene rings is 2. The third-order valence-corrected chi connectivity index (χ3v) is 8.32. The summed E-state index contributed by atoms with van der Waals surface area (Å²) in [4.78, 5) is 42.8. The van der Waals surface area contributed by atoms with Gasteiger partial charge in [0.15, 0.2) is 6.61 Å². The molecule has 1 aliphatic heterocycles. The van der Waals surface area contributed by atoms with E-state index < -0.39 is 5.97 Å². The first-order valence-electron chi connectivity index (χ1n) is 15.6. The molecule has 1 aliphatic rings. The Bertz CT molecular complexity index is 1700. The molecule has 1 unspecified atom stereocenters. The first-order chi connectivity index (χ1) is 22.5. The van der Waals surface area contributed by atoms with Gasteiger partial charge in [0.25, 0.3) is 5.91 Å². The molecule has 10 nitrogen and oxygen atoms in total. The number of rotatable bonds is 8. The van der Waals surface area contributed by atoms with Crippen molar-refractivity contribution in [1.82, 2.24) is 19.9 Å². The molecule has 11 heteroatoms. The van der Waals surface area contributed by atoms with Crippen molar-refractivity contribution in [2.24, 2.45) is 5.41 Å². The highest BCUT2D eigenvalue weighted by Crippen LogP contribution is 2.32. The summed E-state index contributed by atoms with van der Waals surface area (Å²) < 4.78 is 20.2. The van der Waals surface area contributed by atoms with Crippen molar-refractivity contribution in [3.63, 3.8) is 0 Å². The maximum atomic E-state index is 14.3. The highest BCUT2D eigenvalue weighted by Gasteiger charge is 2.31. The Morgan fingerprint density at radius 2 is 1.83 bits per heavy atom. The number of fused-ring (bicyclic) bond motifs is 4. The van der Waals surface area contributed by atoms with Crippen molar-refractivity contribution in [2.45, 2.75) is 65.4 Å². The quantitative estimate of drug-likeness (QED) is 0.156. The number of anilines is 1. The molecule has 1 N–H and O–H groups in total. The predicted molar refractivity (Wildman–Crippen MR) is 182 cm³/mol. The molecule has 2 aromatic carbocycles. The van der Waals surface area contributed by atoms with Crippen molar-refractivity contribution in [1.29, 1.82) is 0 Å². The zero-order chi connectivity index (χ0) is 33.6. The summed E-state index contributed by atoms with van der Waals surface area (Å²) in [5, 5.41) is 0. The number of pyridine rings is 1. The lowest BCUT2D eigenvalue weighted by molar-refractivity contribution is -0.145. The Morgan fingerprint density at radius 3 is 2.53 bits per heavy atom. The van der Waals surface area contributed by atoms with Crippen LogP contribution in [0.1, 0.15) is 61.3 Å². The lowest BCUT2D eigenvalue weighted by Gasteiger charge is -2.35. The summed E-state index contributed by atoms with van der Waals surface area (Å²) in [5.74, 6) is 0.682. The molecule has 0 saturated heterocycles.